The van der Waals surface area contributed by atoms with Gasteiger partial charge in [-0.1, -0.05) is 40.2 Å². The summed E-state index contributed by atoms with van der Waals surface area (Å²) in [6, 6.07) is 16.3. The minimum atomic E-state index is -0.238. The molecule has 0 spiro atoms. The van der Waals surface area contributed by atoms with E-state index in [4.69, 9.17) is 5.84 Å². The van der Waals surface area contributed by atoms with E-state index >= 15 is 0 Å². The number of hydrazine groups is 1. The molecule has 0 aliphatic heterocycles. The topological polar surface area (TPSA) is 46.3 Å². The average molecular weight is 328 g/mol. The molecule has 3 nitrogen and oxygen atoms in total. The van der Waals surface area contributed by atoms with Crippen molar-refractivity contribution in [3.8, 4) is 0 Å². The Morgan fingerprint density at radius 3 is 2.33 bits per heavy atom. The normalized spacial score (nSPS) is 9.44. The Morgan fingerprint density at radius 2 is 1.72 bits per heavy atom. The van der Waals surface area contributed by atoms with E-state index in [0.717, 1.165) is 9.48 Å². The molecule has 2 N–H and O–H groups in total. The van der Waals surface area contributed by atoms with Gasteiger partial charge in [0.25, 0.3) is 5.91 Å². The maximum Gasteiger partial charge on any atom is 0.272 e. The highest BCUT2D eigenvalue weighted by atomic mass is 79.9. The van der Waals surface area contributed by atoms with Crippen molar-refractivity contribution < 1.29 is 4.79 Å². The Hall–Kier alpha value is -1.36. The van der Waals surface area contributed by atoms with Crippen LogP contribution in [0.3, 0.4) is 0 Å². The van der Waals surface area contributed by atoms with Gasteiger partial charge in [-0.25, -0.2) is 10.9 Å². The maximum absolute atomic E-state index is 12.1. The van der Waals surface area contributed by atoms with Crippen LogP contribution in [0.25, 0.3) is 0 Å². The highest BCUT2D eigenvalue weighted by Crippen LogP contribution is 2.16. The summed E-state index contributed by atoms with van der Waals surface area (Å²) < 4.78 is 0.852. The minimum Gasteiger partial charge on any atom is -0.267 e. The zero-order valence-electron chi connectivity index (χ0n) is 9.42. The average Bonchev–Trinajstić information content (AvgIpc) is 2.38. The summed E-state index contributed by atoms with van der Waals surface area (Å²) in [6.45, 7) is 0. The summed E-state index contributed by atoms with van der Waals surface area (Å²) in [5.74, 6) is 5.55. The van der Waals surface area contributed by atoms with E-state index in [1.165, 1.54) is 0 Å². The van der Waals surface area contributed by atoms with Crippen LogP contribution in [0.4, 0.5) is 5.69 Å². The largest absolute Gasteiger partial charge is 0.272 e. The molecular weight excluding hydrogens is 316 g/mol. The van der Waals surface area contributed by atoms with Crippen molar-refractivity contribution in [3.63, 3.8) is 0 Å². The van der Waals surface area contributed by atoms with E-state index in [1.54, 1.807) is 30.3 Å². The quantitative estimate of drug-likeness (QED) is 0.522. The Balaban J connectivity index is 0.00000162. The number of carbonyl (C=O) groups is 1. The smallest absolute Gasteiger partial charge is 0.267 e. The fourth-order valence-electron chi connectivity index (χ4n) is 1.47. The predicted octanol–water partition coefficient (Wildman–Crippen LogP) is 3.39. The van der Waals surface area contributed by atoms with Crippen LogP contribution in [0.5, 0.6) is 0 Å². The molecule has 0 fully saturated rings. The lowest BCUT2D eigenvalue weighted by Crippen LogP contribution is -2.37. The number of para-hydroxylation sites is 1. The van der Waals surface area contributed by atoms with Gasteiger partial charge in [-0.2, -0.15) is 0 Å². The number of rotatable bonds is 2. The lowest BCUT2D eigenvalue weighted by molar-refractivity contribution is 0.0987. The molecule has 0 aliphatic rings. The van der Waals surface area contributed by atoms with E-state index in [1.807, 2.05) is 24.3 Å². The van der Waals surface area contributed by atoms with Gasteiger partial charge in [-0.15, -0.1) is 12.4 Å². The lowest BCUT2D eigenvalue weighted by atomic mass is 10.2. The Labute approximate surface area is 120 Å². The second kappa shape index (κ2) is 6.54. The van der Waals surface area contributed by atoms with Crippen LogP contribution in [0.2, 0.25) is 0 Å². The van der Waals surface area contributed by atoms with Crippen LogP contribution < -0.4 is 10.9 Å². The molecule has 0 aromatic heterocycles. The molecule has 0 saturated heterocycles. The number of benzene rings is 2. The van der Waals surface area contributed by atoms with Crippen LogP contribution in [0, 0.1) is 0 Å². The molecule has 0 bridgehead atoms. The fraction of sp³-hybridized carbons (Fsp3) is 0. The van der Waals surface area contributed by atoms with Gasteiger partial charge < -0.3 is 0 Å². The molecule has 0 heterocycles. The Kier molecular flexibility index (Phi) is 5.34. The van der Waals surface area contributed by atoms with Crippen molar-refractivity contribution in [2.75, 3.05) is 5.01 Å². The number of halogens is 2. The van der Waals surface area contributed by atoms with Crippen LogP contribution in [0.1, 0.15) is 10.4 Å². The van der Waals surface area contributed by atoms with Gasteiger partial charge in [0.05, 0.1) is 5.69 Å². The molecular formula is C13H12BrClN2O. The number of hydrogen-bond acceptors (Lipinski definition) is 2. The molecule has 5 heteroatoms. The fourth-order valence-corrected chi connectivity index (χ4v) is 1.87. The molecule has 2 rings (SSSR count). The Morgan fingerprint density at radius 1 is 1.06 bits per heavy atom. The van der Waals surface area contributed by atoms with Crippen molar-refractivity contribution in [2.24, 2.45) is 5.84 Å². The van der Waals surface area contributed by atoms with Crippen LogP contribution >= 0.6 is 28.3 Å². The van der Waals surface area contributed by atoms with Gasteiger partial charge in [-0.3, -0.25) is 4.79 Å². The number of hydrogen-bond donors (Lipinski definition) is 1. The number of nitrogens with zero attached hydrogens (tertiary/aromatic N) is 1. The number of anilines is 1. The van der Waals surface area contributed by atoms with Gasteiger partial charge in [0, 0.05) is 10.0 Å². The van der Waals surface area contributed by atoms with E-state index < -0.39 is 0 Å². The summed E-state index contributed by atoms with van der Waals surface area (Å²) >= 11 is 3.32. The van der Waals surface area contributed by atoms with Crippen molar-refractivity contribution in [2.45, 2.75) is 0 Å². The first-order valence-corrected chi connectivity index (χ1v) is 5.87. The van der Waals surface area contributed by atoms with Crippen molar-refractivity contribution in [1.29, 1.82) is 0 Å². The molecule has 0 saturated carbocycles. The van der Waals surface area contributed by atoms with Crippen molar-refractivity contribution >= 4 is 39.9 Å². The van der Waals surface area contributed by atoms with E-state index in [0.29, 0.717) is 11.3 Å². The van der Waals surface area contributed by atoms with E-state index in [9.17, 15) is 4.79 Å². The minimum absolute atomic E-state index is 0. The first-order valence-electron chi connectivity index (χ1n) is 5.08. The van der Waals surface area contributed by atoms with E-state index in [2.05, 4.69) is 15.9 Å². The molecule has 94 valence electrons. The van der Waals surface area contributed by atoms with Gasteiger partial charge in [-0.05, 0) is 30.3 Å². The van der Waals surface area contributed by atoms with Crippen LogP contribution in [0.15, 0.2) is 59.1 Å². The zero-order chi connectivity index (χ0) is 12.3. The van der Waals surface area contributed by atoms with Gasteiger partial charge in [0.15, 0.2) is 0 Å². The maximum atomic E-state index is 12.1. The first kappa shape index (κ1) is 14.7. The monoisotopic (exact) mass is 326 g/mol. The standard InChI is InChI=1S/C13H11BrN2O.ClH/c14-11-6-4-5-10(9-11)13(17)16(15)12-7-2-1-3-8-12;/h1-9H,15H2;1H. The van der Waals surface area contributed by atoms with Gasteiger partial charge in [0.2, 0.25) is 0 Å². The highest BCUT2D eigenvalue weighted by molar-refractivity contribution is 9.10. The summed E-state index contributed by atoms with van der Waals surface area (Å²) in [6.07, 6.45) is 0. The Bertz CT molecular complexity index is 534. The van der Waals surface area contributed by atoms with Crippen LogP contribution in [-0.2, 0) is 0 Å². The molecule has 0 atom stereocenters. The number of nitrogens with two attached hydrogens (primary N) is 1. The molecule has 2 aromatic rings. The summed E-state index contributed by atoms with van der Waals surface area (Å²) in [5.41, 5.74) is 1.21. The SMILES string of the molecule is Cl.NN(C(=O)c1cccc(Br)c1)c1ccccc1. The molecule has 0 unspecified atom stereocenters. The number of amides is 1. The van der Waals surface area contributed by atoms with Gasteiger partial charge >= 0.3 is 0 Å². The molecule has 0 radical (unpaired) electrons. The summed E-state index contributed by atoms with van der Waals surface area (Å²) in [4.78, 5) is 12.1. The summed E-state index contributed by atoms with van der Waals surface area (Å²) in [5, 5.41) is 1.14. The molecule has 2 aromatic carbocycles. The predicted molar refractivity (Wildman–Crippen MR) is 78.8 cm³/mol. The highest BCUT2D eigenvalue weighted by Gasteiger charge is 2.13. The number of carbonyl (C=O) groups excluding carboxylic acids is 1. The molecule has 1 amide bonds. The first-order chi connectivity index (χ1) is 8.18. The molecule has 0 aliphatic carbocycles. The molecule has 18 heavy (non-hydrogen) atoms. The second-order valence-corrected chi connectivity index (χ2v) is 4.44. The third-order valence-corrected chi connectivity index (χ3v) is 2.82. The zero-order valence-corrected chi connectivity index (χ0v) is 11.8. The lowest BCUT2D eigenvalue weighted by Gasteiger charge is -2.16. The van der Waals surface area contributed by atoms with Crippen molar-refractivity contribution in [3.05, 3.63) is 64.6 Å². The van der Waals surface area contributed by atoms with Crippen molar-refractivity contribution in [1.82, 2.24) is 0 Å². The third-order valence-electron chi connectivity index (χ3n) is 2.32. The second-order valence-electron chi connectivity index (χ2n) is 3.52. The van der Waals surface area contributed by atoms with Crippen LogP contribution in [-0.4, -0.2) is 5.91 Å². The van der Waals surface area contributed by atoms with Gasteiger partial charge in [0.1, 0.15) is 0 Å². The van der Waals surface area contributed by atoms with E-state index in [-0.39, 0.29) is 18.3 Å². The third kappa shape index (κ3) is 3.32. The summed E-state index contributed by atoms with van der Waals surface area (Å²) in [7, 11) is 0.